The summed E-state index contributed by atoms with van der Waals surface area (Å²) in [6.45, 7) is 5.97. The zero-order valence-electron chi connectivity index (χ0n) is 16.8. The Bertz CT molecular complexity index is 1040. The van der Waals surface area contributed by atoms with Crippen LogP contribution < -0.4 is 9.64 Å². The average Bonchev–Trinajstić information content (AvgIpc) is 2.95. The highest BCUT2D eigenvalue weighted by Gasteiger charge is 2.38. The van der Waals surface area contributed by atoms with Crippen LogP contribution in [0.3, 0.4) is 0 Å². The van der Waals surface area contributed by atoms with Crippen LogP contribution in [-0.2, 0) is 14.3 Å². The van der Waals surface area contributed by atoms with Crippen LogP contribution in [0.1, 0.15) is 25.0 Å². The zero-order chi connectivity index (χ0) is 21.1. The first kappa shape index (κ1) is 20.7. The Labute approximate surface area is 175 Å². The Balaban J connectivity index is 2.16. The van der Waals surface area contributed by atoms with Crippen LogP contribution >= 0.6 is 11.6 Å². The molecule has 0 unspecified atom stereocenters. The molecule has 0 atom stereocenters. The number of halogens is 1. The summed E-state index contributed by atoms with van der Waals surface area (Å²) in [6, 6.07) is 12.7. The lowest BCUT2D eigenvalue weighted by Crippen LogP contribution is -2.24. The summed E-state index contributed by atoms with van der Waals surface area (Å²) >= 11 is 6.26. The number of benzene rings is 2. The second kappa shape index (κ2) is 8.53. The van der Waals surface area contributed by atoms with Crippen molar-refractivity contribution in [3.63, 3.8) is 0 Å². The van der Waals surface area contributed by atoms with Crippen LogP contribution in [-0.4, -0.2) is 25.6 Å². The smallest absolute Gasteiger partial charge is 0.340 e. The topological polar surface area (TPSA) is 55.8 Å². The SMILES string of the molecule is CCOc1ccccc1/C=C1\C(=O)N(c2ccc(C)c(Cl)c2)C(C)=C1C(=O)OC. The van der Waals surface area contributed by atoms with E-state index in [4.69, 9.17) is 21.1 Å². The van der Waals surface area contributed by atoms with E-state index in [1.165, 1.54) is 12.0 Å². The summed E-state index contributed by atoms with van der Waals surface area (Å²) in [7, 11) is 1.30. The lowest BCUT2D eigenvalue weighted by molar-refractivity contribution is -0.136. The van der Waals surface area contributed by atoms with E-state index in [9.17, 15) is 9.59 Å². The molecule has 1 heterocycles. The molecule has 0 N–H and O–H groups in total. The molecule has 0 saturated carbocycles. The van der Waals surface area contributed by atoms with Crippen molar-refractivity contribution in [2.75, 3.05) is 18.6 Å². The Morgan fingerprint density at radius 2 is 1.90 bits per heavy atom. The van der Waals surface area contributed by atoms with Gasteiger partial charge < -0.3 is 9.47 Å². The van der Waals surface area contributed by atoms with Crippen LogP contribution in [0.25, 0.3) is 6.08 Å². The van der Waals surface area contributed by atoms with Gasteiger partial charge in [0.25, 0.3) is 5.91 Å². The molecule has 0 aromatic heterocycles. The fourth-order valence-corrected chi connectivity index (χ4v) is 3.43. The minimum atomic E-state index is -0.573. The lowest BCUT2D eigenvalue weighted by atomic mass is 10.0. The van der Waals surface area contributed by atoms with E-state index < -0.39 is 5.97 Å². The molecule has 0 saturated heterocycles. The maximum absolute atomic E-state index is 13.3. The first-order valence-corrected chi connectivity index (χ1v) is 9.60. The van der Waals surface area contributed by atoms with Crippen molar-refractivity contribution < 1.29 is 19.1 Å². The Morgan fingerprint density at radius 1 is 1.17 bits per heavy atom. The third-order valence-corrected chi connectivity index (χ3v) is 5.13. The molecule has 1 aliphatic rings. The number of anilines is 1. The zero-order valence-corrected chi connectivity index (χ0v) is 17.5. The Morgan fingerprint density at radius 3 is 2.55 bits per heavy atom. The molecule has 3 rings (SSSR count). The molecule has 1 aliphatic heterocycles. The van der Waals surface area contributed by atoms with Crippen molar-refractivity contribution >= 4 is 35.2 Å². The number of esters is 1. The predicted octanol–water partition coefficient (Wildman–Crippen LogP) is 4.92. The number of rotatable bonds is 5. The van der Waals surface area contributed by atoms with Crippen molar-refractivity contribution in [3.05, 3.63) is 75.5 Å². The second-order valence-corrected chi connectivity index (χ2v) is 6.96. The molecule has 0 aliphatic carbocycles. The molecule has 0 radical (unpaired) electrons. The van der Waals surface area contributed by atoms with Crippen molar-refractivity contribution in [2.45, 2.75) is 20.8 Å². The van der Waals surface area contributed by atoms with E-state index in [-0.39, 0.29) is 17.1 Å². The number of hydrogen-bond donors (Lipinski definition) is 0. The molecule has 1 amide bonds. The average molecular weight is 412 g/mol. The summed E-state index contributed by atoms with van der Waals surface area (Å²) in [6.07, 6.45) is 1.67. The van der Waals surface area contributed by atoms with E-state index in [0.717, 1.165) is 5.56 Å². The molecule has 150 valence electrons. The van der Waals surface area contributed by atoms with E-state index in [1.807, 2.05) is 44.2 Å². The number of ether oxygens (including phenoxy) is 2. The number of allylic oxidation sites excluding steroid dienone is 1. The summed E-state index contributed by atoms with van der Waals surface area (Å²) in [4.78, 5) is 27.3. The minimum Gasteiger partial charge on any atom is -0.493 e. The lowest BCUT2D eigenvalue weighted by Gasteiger charge is -2.18. The number of carbonyl (C=O) groups is 2. The van der Waals surface area contributed by atoms with Gasteiger partial charge in [0.05, 0.1) is 30.6 Å². The van der Waals surface area contributed by atoms with E-state index in [2.05, 4.69) is 0 Å². The highest BCUT2D eigenvalue weighted by atomic mass is 35.5. The van der Waals surface area contributed by atoms with Crippen molar-refractivity contribution in [3.8, 4) is 5.75 Å². The molecule has 29 heavy (non-hydrogen) atoms. The molecule has 0 bridgehead atoms. The van der Waals surface area contributed by atoms with Gasteiger partial charge in [0.2, 0.25) is 0 Å². The number of amides is 1. The molecular formula is C23H22ClNO4. The first-order chi connectivity index (χ1) is 13.9. The van der Waals surface area contributed by atoms with E-state index in [1.54, 1.807) is 25.1 Å². The van der Waals surface area contributed by atoms with Crippen molar-refractivity contribution in [2.24, 2.45) is 0 Å². The monoisotopic (exact) mass is 411 g/mol. The second-order valence-electron chi connectivity index (χ2n) is 6.55. The quantitative estimate of drug-likeness (QED) is 0.517. The number of aryl methyl sites for hydroxylation is 1. The predicted molar refractivity (Wildman–Crippen MR) is 114 cm³/mol. The van der Waals surface area contributed by atoms with Gasteiger partial charge in [-0.15, -0.1) is 0 Å². The minimum absolute atomic E-state index is 0.223. The van der Waals surface area contributed by atoms with Gasteiger partial charge in [-0.05, 0) is 50.6 Å². The highest BCUT2D eigenvalue weighted by Crippen LogP contribution is 2.37. The van der Waals surface area contributed by atoms with Crippen LogP contribution in [0.4, 0.5) is 5.69 Å². The van der Waals surface area contributed by atoms with Gasteiger partial charge in [-0.25, -0.2) is 4.79 Å². The first-order valence-electron chi connectivity index (χ1n) is 9.22. The van der Waals surface area contributed by atoms with Crippen molar-refractivity contribution in [1.82, 2.24) is 0 Å². The molecular weight excluding hydrogens is 390 g/mol. The molecule has 2 aromatic rings. The molecule has 5 nitrogen and oxygen atoms in total. The normalized spacial score (nSPS) is 15.3. The maximum Gasteiger partial charge on any atom is 0.340 e. The van der Waals surface area contributed by atoms with Gasteiger partial charge >= 0.3 is 5.97 Å². The largest absolute Gasteiger partial charge is 0.493 e. The van der Waals surface area contributed by atoms with E-state index in [0.29, 0.717) is 34.3 Å². The Hall–Kier alpha value is -3.05. The Kier molecular flexibility index (Phi) is 6.09. The van der Waals surface area contributed by atoms with Gasteiger partial charge in [0.15, 0.2) is 0 Å². The maximum atomic E-state index is 13.3. The number of hydrogen-bond acceptors (Lipinski definition) is 4. The fraction of sp³-hybridized carbons (Fsp3) is 0.217. The molecule has 0 spiro atoms. The molecule has 6 heteroatoms. The van der Waals surface area contributed by atoms with Crippen LogP contribution in [0.2, 0.25) is 5.02 Å². The third kappa shape index (κ3) is 3.91. The summed E-state index contributed by atoms with van der Waals surface area (Å²) in [5.74, 6) is -0.264. The summed E-state index contributed by atoms with van der Waals surface area (Å²) < 4.78 is 10.6. The number of nitrogens with zero attached hydrogens (tertiary/aromatic N) is 1. The van der Waals surface area contributed by atoms with Crippen LogP contribution in [0, 0.1) is 6.92 Å². The summed E-state index contributed by atoms with van der Waals surface area (Å²) in [5.41, 5.74) is 3.15. The number of methoxy groups -OCH3 is 1. The number of para-hydroxylation sites is 1. The fourth-order valence-electron chi connectivity index (χ4n) is 3.25. The summed E-state index contributed by atoms with van der Waals surface area (Å²) in [5, 5.41) is 0.543. The van der Waals surface area contributed by atoms with Gasteiger partial charge in [0.1, 0.15) is 5.75 Å². The highest BCUT2D eigenvalue weighted by molar-refractivity contribution is 6.32. The van der Waals surface area contributed by atoms with Gasteiger partial charge in [0, 0.05) is 16.3 Å². The molecule has 2 aromatic carbocycles. The van der Waals surface area contributed by atoms with Gasteiger partial charge in [-0.1, -0.05) is 35.9 Å². The van der Waals surface area contributed by atoms with Crippen molar-refractivity contribution in [1.29, 1.82) is 0 Å². The van der Waals surface area contributed by atoms with Crippen LogP contribution in [0.5, 0.6) is 5.75 Å². The third-order valence-electron chi connectivity index (χ3n) is 4.72. The number of carbonyl (C=O) groups excluding carboxylic acids is 2. The van der Waals surface area contributed by atoms with Crippen LogP contribution in [0.15, 0.2) is 59.3 Å². The van der Waals surface area contributed by atoms with E-state index >= 15 is 0 Å². The van der Waals surface area contributed by atoms with Gasteiger partial charge in [-0.3, -0.25) is 9.69 Å². The molecule has 0 fully saturated rings. The standard InChI is InChI=1S/C23H22ClNO4/c1-5-29-20-9-7-6-8-16(20)12-18-21(23(27)28-4)15(3)25(22(18)26)17-11-10-14(2)19(24)13-17/h6-13H,5H2,1-4H3/b18-12-. The van der Waals surface area contributed by atoms with Gasteiger partial charge in [-0.2, -0.15) is 0 Å².